The lowest BCUT2D eigenvalue weighted by molar-refractivity contribution is 0.0684. The Bertz CT molecular complexity index is 1650. The average molecular weight is 525 g/mol. The van der Waals surface area contributed by atoms with Crippen molar-refractivity contribution in [2.75, 3.05) is 20.3 Å². The van der Waals surface area contributed by atoms with Gasteiger partial charge in [-0.15, -0.1) is 0 Å². The molecule has 0 saturated carbocycles. The summed E-state index contributed by atoms with van der Waals surface area (Å²) in [5.41, 5.74) is 5.92. The summed E-state index contributed by atoms with van der Waals surface area (Å²) >= 11 is 0. The third-order valence-electron chi connectivity index (χ3n) is 7.47. The number of carboxylic acid groups (broad SMARTS) is 1. The van der Waals surface area contributed by atoms with Crippen LogP contribution in [0.4, 0.5) is 0 Å². The highest BCUT2D eigenvalue weighted by molar-refractivity contribution is 6.04. The second kappa shape index (κ2) is 10.9. The van der Waals surface area contributed by atoms with Crippen LogP contribution in [0.1, 0.15) is 40.3 Å². The molecule has 0 bridgehead atoms. The molecule has 3 N–H and O–H groups in total. The number of aromatic amines is 1. The van der Waals surface area contributed by atoms with Crippen LogP contribution in [0.5, 0.6) is 5.75 Å². The van der Waals surface area contributed by atoms with Crippen molar-refractivity contribution in [3.63, 3.8) is 0 Å². The molecule has 5 aromatic rings. The highest BCUT2D eigenvalue weighted by Crippen LogP contribution is 2.38. The molecule has 6 rings (SSSR count). The van der Waals surface area contributed by atoms with Crippen molar-refractivity contribution in [3.8, 4) is 16.9 Å². The van der Waals surface area contributed by atoms with Gasteiger partial charge in [-0.25, -0.2) is 4.79 Å². The van der Waals surface area contributed by atoms with Crippen LogP contribution in [0, 0.1) is 0 Å². The maximum atomic E-state index is 12.7. The first-order valence-corrected chi connectivity index (χ1v) is 13.4. The number of benzene rings is 3. The lowest BCUT2D eigenvalue weighted by atomic mass is 9.98. The number of aryl methyl sites for hydroxylation is 2. The standard InChI is InChI=1S/C31H32N4O4/c1-38-19-26-28-24-12-5-11-22-23(13-6-17-39-27-14-4-9-20-8-2-3-10-21(20)27)30(31(36)37)35(29(22)24)16-7-15-32-18-25(28)33-34-26/h2-5,8-12,14,32H,6-7,13,15-19H2,1H3,(H,33,34)(H,36,37). The second-order valence-corrected chi connectivity index (χ2v) is 9.90. The maximum Gasteiger partial charge on any atom is 0.352 e. The van der Waals surface area contributed by atoms with Crippen LogP contribution >= 0.6 is 0 Å². The minimum atomic E-state index is -0.906. The summed E-state index contributed by atoms with van der Waals surface area (Å²) in [5, 5.41) is 24.8. The zero-order chi connectivity index (χ0) is 26.8. The fourth-order valence-corrected chi connectivity index (χ4v) is 5.84. The number of carbonyl (C=O) groups is 1. The summed E-state index contributed by atoms with van der Waals surface area (Å²) in [4.78, 5) is 12.7. The van der Waals surface area contributed by atoms with Gasteiger partial charge in [0.2, 0.25) is 0 Å². The number of carboxylic acids is 1. The van der Waals surface area contributed by atoms with Crippen LogP contribution in [-0.4, -0.2) is 46.1 Å². The molecule has 0 radical (unpaired) electrons. The van der Waals surface area contributed by atoms with E-state index >= 15 is 0 Å². The number of fused-ring (bicyclic) bond motifs is 3. The van der Waals surface area contributed by atoms with Gasteiger partial charge in [0.05, 0.1) is 30.1 Å². The lowest BCUT2D eigenvalue weighted by Crippen LogP contribution is -2.20. The molecule has 1 aliphatic rings. The van der Waals surface area contributed by atoms with Crippen LogP contribution < -0.4 is 10.1 Å². The Hall–Kier alpha value is -4.14. The van der Waals surface area contributed by atoms with E-state index in [9.17, 15) is 9.90 Å². The molecule has 8 heteroatoms. The molecule has 3 aromatic carbocycles. The predicted molar refractivity (Wildman–Crippen MR) is 151 cm³/mol. The summed E-state index contributed by atoms with van der Waals surface area (Å²) < 4.78 is 13.6. The van der Waals surface area contributed by atoms with E-state index in [1.165, 1.54) is 0 Å². The predicted octanol–water partition coefficient (Wildman–Crippen LogP) is 5.53. The SMILES string of the molecule is COCc1n[nH]c2c1-c1cccc3c(CCCOc4cccc5ccccc45)c(C(=O)O)n(c13)CCCNC2. The Balaban J connectivity index is 1.38. The van der Waals surface area contributed by atoms with E-state index in [1.54, 1.807) is 7.11 Å². The number of nitrogens with one attached hydrogen (secondary N) is 2. The highest BCUT2D eigenvalue weighted by Gasteiger charge is 2.27. The van der Waals surface area contributed by atoms with E-state index in [2.05, 4.69) is 39.8 Å². The van der Waals surface area contributed by atoms with E-state index in [-0.39, 0.29) is 0 Å². The largest absolute Gasteiger partial charge is 0.493 e. The molecule has 0 aliphatic carbocycles. The van der Waals surface area contributed by atoms with Gasteiger partial charge in [-0.05, 0) is 42.8 Å². The molecule has 0 spiro atoms. The van der Waals surface area contributed by atoms with Gasteiger partial charge < -0.3 is 24.5 Å². The molecule has 2 aromatic heterocycles. The smallest absolute Gasteiger partial charge is 0.352 e. The number of rotatable bonds is 8. The quantitative estimate of drug-likeness (QED) is 0.231. The van der Waals surface area contributed by atoms with Crippen LogP contribution in [0.2, 0.25) is 0 Å². The van der Waals surface area contributed by atoms with E-state index in [1.807, 2.05) is 41.0 Å². The average Bonchev–Trinajstić information content (AvgIpc) is 3.50. The highest BCUT2D eigenvalue weighted by atomic mass is 16.5. The minimum absolute atomic E-state index is 0.363. The van der Waals surface area contributed by atoms with Gasteiger partial charge in [0, 0.05) is 42.1 Å². The molecular formula is C31H32N4O4. The molecule has 0 fully saturated rings. The van der Waals surface area contributed by atoms with Gasteiger partial charge in [0.25, 0.3) is 0 Å². The number of H-pyrrole nitrogens is 1. The van der Waals surface area contributed by atoms with Crippen molar-refractivity contribution < 1.29 is 19.4 Å². The summed E-state index contributed by atoms with van der Waals surface area (Å²) in [5.74, 6) is -0.0583. The third kappa shape index (κ3) is 4.66. The molecular weight excluding hydrogens is 492 g/mol. The number of hydrogen-bond donors (Lipinski definition) is 3. The monoisotopic (exact) mass is 524 g/mol. The first-order chi connectivity index (χ1) is 19.2. The van der Waals surface area contributed by atoms with Crippen molar-refractivity contribution in [1.29, 1.82) is 0 Å². The fraction of sp³-hybridized carbons (Fsp3) is 0.290. The topological polar surface area (TPSA) is 101 Å². The number of aromatic nitrogens is 3. The molecule has 3 heterocycles. The Morgan fingerprint density at radius 1 is 1.08 bits per heavy atom. The summed E-state index contributed by atoms with van der Waals surface area (Å²) in [7, 11) is 1.66. The summed E-state index contributed by atoms with van der Waals surface area (Å²) in [6.45, 7) is 2.90. The van der Waals surface area contributed by atoms with Crippen LogP contribution in [0.25, 0.3) is 32.8 Å². The zero-order valence-electron chi connectivity index (χ0n) is 22.0. The molecule has 0 saturated heterocycles. The molecule has 0 atom stereocenters. The Morgan fingerprint density at radius 2 is 1.90 bits per heavy atom. The van der Waals surface area contributed by atoms with Crippen molar-refractivity contribution in [3.05, 3.63) is 83.3 Å². The van der Waals surface area contributed by atoms with Gasteiger partial charge in [-0.1, -0.05) is 54.6 Å². The normalized spacial score (nSPS) is 13.5. The number of ether oxygens (including phenoxy) is 2. The van der Waals surface area contributed by atoms with Crippen molar-refractivity contribution >= 4 is 27.6 Å². The minimum Gasteiger partial charge on any atom is -0.493 e. The van der Waals surface area contributed by atoms with E-state index in [0.29, 0.717) is 44.8 Å². The molecule has 39 heavy (non-hydrogen) atoms. The van der Waals surface area contributed by atoms with E-state index in [4.69, 9.17) is 9.47 Å². The van der Waals surface area contributed by atoms with Gasteiger partial charge in [0.15, 0.2) is 0 Å². The second-order valence-electron chi connectivity index (χ2n) is 9.90. The maximum absolute atomic E-state index is 12.7. The van der Waals surface area contributed by atoms with E-state index < -0.39 is 5.97 Å². The molecule has 8 nitrogen and oxygen atoms in total. The number of methoxy groups -OCH3 is 1. The Kier molecular flexibility index (Phi) is 7.04. The first kappa shape index (κ1) is 25.2. The number of nitrogens with zero attached hydrogens (tertiary/aromatic N) is 2. The summed E-state index contributed by atoms with van der Waals surface area (Å²) in [6.07, 6.45) is 2.11. The van der Waals surface area contributed by atoms with Crippen LogP contribution in [0.3, 0.4) is 0 Å². The first-order valence-electron chi connectivity index (χ1n) is 13.4. The molecule has 1 aliphatic heterocycles. The van der Waals surface area contributed by atoms with Crippen molar-refractivity contribution in [2.45, 2.75) is 39.0 Å². The third-order valence-corrected chi connectivity index (χ3v) is 7.47. The number of aromatic carboxylic acids is 1. The van der Waals surface area contributed by atoms with Crippen molar-refractivity contribution in [2.24, 2.45) is 0 Å². The fourth-order valence-electron chi connectivity index (χ4n) is 5.84. The van der Waals surface area contributed by atoms with Gasteiger partial charge in [0.1, 0.15) is 11.4 Å². The number of para-hydroxylation sites is 1. The van der Waals surface area contributed by atoms with Gasteiger partial charge in [-0.3, -0.25) is 5.10 Å². The Labute approximate surface area is 226 Å². The molecule has 200 valence electrons. The van der Waals surface area contributed by atoms with Crippen LogP contribution in [-0.2, 0) is 30.9 Å². The molecule has 0 unspecified atom stereocenters. The van der Waals surface area contributed by atoms with Crippen molar-refractivity contribution in [1.82, 2.24) is 20.1 Å². The number of hydrogen-bond acceptors (Lipinski definition) is 5. The molecule has 0 amide bonds. The Morgan fingerprint density at radius 3 is 2.77 bits per heavy atom. The van der Waals surface area contributed by atoms with Gasteiger partial charge in [-0.2, -0.15) is 5.10 Å². The zero-order valence-corrected chi connectivity index (χ0v) is 22.0. The van der Waals surface area contributed by atoms with E-state index in [0.717, 1.165) is 68.5 Å². The van der Waals surface area contributed by atoms with Crippen LogP contribution in [0.15, 0.2) is 60.7 Å². The summed E-state index contributed by atoms with van der Waals surface area (Å²) in [6, 6.07) is 20.3. The van der Waals surface area contributed by atoms with Gasteiger partial charge >= 0.3 is 5.97 Å². The lowest BCUT2D eigenvalue weighted by Gasteiger charge is -2.16.